The highest BCUT2D eigenvalue weighted by Gasteiger charge is 2.18. The molecule has 2 N–H and O–H groups in total. The summed E-state index contributed by atoms with van der Waals surface area (Å²) < 4.78 is 27.8. The van der Waals surface area contributed by atoms with Crippen molar-refractivity contribution in [3.8, 4) is 0 Å². The smallest absolute Gasteiger partial charge is 0.241 e. The molecule has 2 aromatic carbocycles. The molecule has 0 aliphatic rings. The van der Waals surface area contributed by atoms with Crippen molar-refractivity contribution in [2.75, 3.05) is 0 Å². The Morgan fingerprint density at radius 1 is 1.00 bits per heavy atom. The molecule has 1 atom stereocenters. The van der Waals surface area contributed by atoms with Crippen LogP contribution < -0.4 is 10.0 Å². The van der Waals surface area contributed by atoms with Gasteiger partial charge in [-0.3, -0.25) is 4.79 Å². The van der Waals surface area contributed by atoms with Crippen molar-refractivity contribution in [2.24, 2.45) is 0 Å². The third-order valence-corrected chi connectivity index (χ3v) is 5.58. The van der Waals surface area contributed by atoms with Gasteiger partial charge in [0.15, 0.2) is 0 Å². The van der Waals surface area contributed by atoms with Gasteiger partial charge >= 0.3 is 0 Å². The Hall–Kier alpha value is -2.18. The van der Waals surface area contributed by atoms with Gasteiger partial charge in [-0.05, 0) is 57.4 Å². The maximum Gasteiger partial charge on any atom is 0.241 e. The molecule has 0 saturated heterocycles. The van der Waals surface area contributed by atoms with Crippen molar-refractivity contribution in [1.82, 2.24) is 10.0 Å². The van der Waals surface area contributed by atoms with Crippen molar-refractivity contribution >= 4 is 15.9 Å². The third kappa shape index (κ3) is 6.81. The van der Waals surface area contributed by atoms with E-state index in [4.69, 9.17) is 0 Å². The monoisotopic (exact) mass is 388 g/mol. The zero-order valence-electron chi connectivity index (χ0n) is 16.3. The third-order valence-electron chi connectivity index (χ3n) is 4.02. The SMILES string of the molecule is C[C@H](NS(=O)(=O)c1ccc(CCC(=O)NC(C)(C)C)cc1)c1ccccc1. The van der Waals surface area contributed by atoms with Gasteiger partial charge in [0.1, 0.15) is 0 Å². The molecule has 0 radical (unpaired) electrons. The molecule has 1 amide bonds. The molecular weight excluding hydrogens is 360 g/mol. The second-order valence-corrected chi connectivity index (χ2v) is 9.41. The standard InChI is InChI=1S/C21H28N2O3S/c1-16(18-8-6-5-7-9-18)23-27(25,26)19-13-10-17(11-14-19)12-15-20(24)22-21(2,3)4/h5-11,13-14,16,23H,12,15H2,1-4H3,(H,22,24)/t16-/m0/s1. The minimum absolute atomic E-state index is 0.0162. The molecule has 0 aromatic heterocycles. The van der Waals surface area contributed by atoms with Crippen LogP contribution in [-0.2, 0) is 21.2 Å². The Balaban J connectivity index is 1.98. The van der Waals surface area contributed by atoms with Crippen LogP contribution in [0, 0.1) is 0 Å². The normalized spacial score (nSPS) is 13.2. The summed E-state index contributed by atoms with van der Waals surface area (Å²) in [5.74, 6) is -0.0162. The molecule has 0 fully saturated rings. The lowest BCUT2D eigenvalue weighted by atomic mass is 10.1. The number of sulfonamides is 1. The van der Waals surface area contributed by atoms with E-state index in [2.05, 4.69) is 10.0 Å². The molecule has 27 heavy (non-hydrogen) atoms. The lowest BCUT2D eigenvalue weighted by Gasteiger charge is -2.20. The second-order valence-electron chi connectivity index (χ2n) is 7.70. The van der Waals surface area contributed by atoms with Gasteiger partial charge in [0, 0.05) is 18.0 Å². The van der Waals surface area contributed by atoms with Crippen LogP contribution in [0.5, 0.6) is 0 Å². The maximum atomic E-state index is 12.6. The number of hydrogen-bond acceptors (Lipinski definition) is 3. The van der Waals surface area contributed by atoms with E-state index in [1.54, 1.807) is 24.3 Å². The maximum absolute atomic E-state index is 12.6. The zero-order valence-corrected chi connectivity index (χ0v) is 17.1. The van der Waals surface area contributed by atoms with Gasteiger partial charge in [-0.1, -0.05) is 42.5 Å². The van der Waals surface area contributed by atoms with Crippen molar-refractivity contribution in [1.29, 1.82) is 0 Å². The fourth-order valence-corrected chi connectivity index (χ4v) is 3.92. The number of nitrogens with one attached hydrogen (secondary N) is 2. The first-order valence-corrected chi connectivity index (χ1v) is 10.5. The number of hydrogen-bond donors (Lipinski definition) is 2. The van der Waals surface area contributed by atoms with Gasteiger partial charge < -0.3 is 5.32 Å². The number of carbonyl (C=O) groups is 1. The topological polar surface area (TPSA) is 75.3 Å². The second kappa shape index (κ2) is 8.67. The highest BCUT2D eigenvalue weighted by Crippen LogP contribution is 2.17. The minimum atomic E-state index is -3.61. The van der Waals surface area contributed by atoms with E-state index in [9.17, 15) is 13.2 Å². The molecule has 6 heteroatoms. The van der Waals surface area contributed by atoms with Crippen molar-refractivity contribution in [3.63, 3.8) is 0 Å². The Morgan fingerprint density at radius 3 is 2.15 bits per heavy atom. The Kier molecular flexibility index (Phi) is 6.78. The average molecular weight is 389 g/mol. The van der Waals surface area contributed by atoms with Crippen LogP contribution in [0.4, 0.5) is 0 Å². The molecule has 0 aliphatic carbocycles. The lowest BCUT2D eigenvalue weighted by Crippen LogP contribution is -2.40. The van der Waals surface area contributed by atoms with Gasteiger partial charge in [-0.2, -0.15) is 0 Å². The molecule has 0 saturated carbocycles. The van der Waals surface area contributed by atoms with Crippen LogP contribution in [0.3, 0.4) is 0 Å². The van der Waals surface area contributed by atoms with Crippen LogP contribution >= 0.6 is 0 Å². The fraction of sp³-hybridized carbons (Fsp3) is 0.381. The van der Waals surface area contributed by atoms with Crippen molar-refractivity contribution in [2.45, 2.75) is 57.0 Å². The molecule has 2 aromatic rings. The van der Waals surface area contributed by atoms with E-state index in [-0.39, 0.29) is 22.4 Å². The summed E-state index contributed by atoms with van der Waals surface area (Å²) in [6, 6.07) is 15.8. The van der Waals surface area contributed by atoms with E-state index < -0.39 is 10.0 Å². The molecule has 146 valence electrons. The predicted molar refractivity (Wildman–Crippen MR) is 108 cm³/mol. The van der Waals surface area contributed by atoms with Gasteiger partial charge in [0.05, 0.1) is 4.90 Å². The van der Waals surface area contributed by atoms with Crippen LogP contribution in [0.1, 0.15) is 51.3 Å². The Bertz CT molecular complexity index is 855. The summed E-state index contributed by atoms with van der Waals surface area (Å²) in [5, 5.41) is 2.92. The molecule has 0 heterocycles. The highest BCUT2D eigenvalue weighted by molar-refractivity contribution is 7.89. The molecule has 5 nitrogen and oxygen atoms in total. The predicted octanol–water partition coefficient (Wildman–Crippen LogP) is 3.57. The van der Waals surface area contributed by atoms with E-state index in [0.29, 0.717) is 12.8 Å². The fourth-order valence-electron chi connectivity index (χ4n) is 2.68. The van der Waals surface area contributed by atoms with Gasteiger partial charge in [-0.25, -0.2) is 13.1 Å². The summed E-state index contributed by atoms with van der Waals surface area (Å²) in [7, 11) is -3.61. The number of amides is 1. The molecular formula is C21H28N2O3S. The van der Waals surface area contributed by atoms with Crippen LogP contribution in [0.25, 0.3) is 0 Å². The van der Waals surface area contributed by atoms with Gasteiger partial charge in [0.25, 0.3) is 0 Å². The number of aryl methyl sites for hydroxylation is 1. The molecule has 0 aliphatic heterocycles. The van der Waals surface area contributed by atoms with Crippen molar-refractivity contribution < 1.29 is 13.2 Å². The summed E-state index contributed by atoms with van der Waals surface area (Å²) in [6.07, 6.45) is 0.933. The quantitative estimate of drug-likeness (QED) is 0.761. The van der Waals surface area contributed by atoms with Crippen LogP contribution in [0.15, 0.2) is 59.5 Å². The lowest BCUT2D eigenvalue weighted by molar-refractivity contribution is -0.122. The summed E-state index contributed by atoms with van der Waals surface area (Å²) in [5.41, 5.74) is 1.58. The highest BCUT2D eigenvalue weighted by atomic mass is 32.2. The first-order chi connectivity index (χ1) is 12.6. The number of carbonyl (C=O) groups excluding carboxylic acids is 1. The van der Waals surface area contributed by atoms with E-state index >= 15 is 0 Å². The molecule has 0 bridgehead atoms. The number of benzene rings is 2. The summed E-state index contributed by atoms with van der Waals surface area (Å²) >= 11 is 0. The summed E-state index contributed by atoms with van der Waals surface area (Å²) in [4.78, 5) is 12.1. The van der Waals surface area contributed by atoms with E-state index in [0.717, 1.165) is 11.1 Å². The first kappa shape index (κ1) is 21.1. The first-order valence-electron chi connectivity index (χ1n) is 9.04. The minimum Gasteiger partial charge on any atom is -0.351 e. The van der Waals surface area contributed by atoms with Crippen LogP contribution in [0.2, 0.25) is 0 Å². The van der Waals surface area contributed by atoms with E-state index in [1.807, 2.05) is 58.0 Å². The van der Waals surface area contributed by atoms with Gasteiger partial charge in [-0.15, -0.1) is 0 Å². The molecule has 2 rings (SSSR count). The molecule has 0 unspecified atom stereocenters. The average Bonchev–Trinajstić information content (AvgIpc) is 2.59. The Labute approximate surface area is 162 Å². The van der Waals surface area contributed by atoms with Crippen LogP contribution in [-0.4, -0.2) is 19.9 Å². The summed E-state index contributed by atoms with van der Waals surface area (Å²) in [6.45, 7) is 7.63. The zero-order chi connectivity index (χ0) is 20.1. The van der Waals surface area contributed by atoms with Gasteiger partial charge in [0.2, 0.25) is 15.9 Å². The molecule has 0 spiro atoms. The van der Waals surface area contributed by atoms with Crippen molar-refractivity contribution in [3.05, 3.63) is 65.7 Å². The number of rotatable bonds is 7. The van der Waals surface area contributed by atoms with E-state index in [1.165, 1.54) is 0 Å². The Morgan fingerprint density at radius 2 is 1.59 bits per heavy atom. The largest absolute Gasteiger partial charge is 0.351 e.